The van der Waals surface area contributed by atoms with Crippen LogP contribution < -0.4 is 5.32 Å². The summed E-state index contributed by atoms with van der Waals surface area (Å²) in [7, 11) is -3.47. The van der Waals surface area contributed by atoms with Crippen molar-refractivity contribution in [1.29, 1.82) is 0 Å². The molecule has 3 rings (SSSR count). The average molecular weight is 355 g/mol. The van der Waals surface area contributed by atoms with Gasteiger partial charge in [0.15, 0.2) is 0 Å². The molecule has 2 heterocycles. The summed E-state index contributed by atoms with van der Waals surface area (Å²) in [6.07, 6.45) is 1.08. The minimum absolute atomic E-state index is 0.0508. The summed E-state index contributed by atoms with van der Waals surface area (Å²) in [6.45, 7) is 5.77. The van der Waals surface area contributed by atoms with Gasteiger partial charge in [0.25, 0.3) is 0 Å². The molecule has 8 heteroatoms. The molecule has 0 aromatic heterocycles. The molecule has 126 valence electrons. The van der Waals surface area contributed by atoms with Gasteiger partial charge in [0.1, 0.15) is 0 Å². The van der Waals surface area contributed by atoms with E-state index < -0.39 is 10.0 Å². The fourth-order valence-corrected chi connectivity index (χ4v) is 5.24. The Labute approximate surface area is 141 Å². The standard InChI is InChI=1S/C15H21N3O3S2/c1-2-5-17-6-8-18(9-7-17)23(20,21)12-3-4-13-14(10-12)22-11-15(19)16-13/h3-4,10H,2,5-9,11H2,1H3,(H,16,19). The maximum atomic E-state index is 12.8. The Morgan fingerprint density at radius 3 is 2.65 bits per heavy atom. The summed E-state index contributed by atoms with van der Waals surface area (Å²) in [5, 5.41) is 2.76. The van der Waals surface area contributed by atoms with Crippen LogP contribution in [0.1, 0.15) is 13.3 Å². The number of carbonyl (C=O) groups excluding carboxylic acids is 1. The molecule has 0 spiro atoms. The van der Waals surface area contributed by atoms with E-state index in [2.05, 4.69) is 17.1 Å². The monoisotopic (exact) mass is 355 g/mol. The van der Waals surface area contributed by atoms with Crippen LogP contribution in [-0.2, 0) is 14.8 Å². The van der Waals surface area contributed by atoms with Gasteiger partial charge in [-0.3, -0.25) is 4.79 Å². The molecule has 2 aliphatic rings. The van der Waals surface area contributed by atoms with Crippen LogP contribution in [0, 0.1) is 0 Å². The van der Waals surface area contributed by atoms with Crippen molar-refractivity contribution in [1.82, 2.24) is 9.21 Å². The molecule has 1 N–H and O–H groups in total. The Morgan fingerprint density at radius 1 is 1.22 bits per heavy atom. The van der Waals surface area contributed by atoms with E-state index >= 15 is 0 Å². The molecule has 1 aromatic carbocycles. The van der Waals surface area contributed by atoms with Gasteiger partial charge in [-0.15, -0.1) is 11.8 Å². The molecule has 1 amide bonds. The lowest BCUT2D eigenvalue weighted by molar-refractivity contribution is -0.113. The highest BCUT2D eigenvalue weighted by Gasteiger charge is 2.29. The summed E-state index contributed by atoms with van der Waals surface area (Å²) in [6, 6.07) is 4.94. The molecule has 0 aliphatic carbocycles. The van der Waals surface area contributed by atoms with Crippen molar-refractivity contribution in [3.8, 4) is 0 Å². The fraction of sp³-hybridized carbons (Fsp3) is 0.533. The molecular formula is C15H21N3O3S2. The van der Waals surface area contributed by atoms with Gasteiger partial charge in [0.05, 0.1) is 16.3 Å². The number of benzene rings is 1. The first kappa shape index (κ1) is 16.8. The van der Waals surface area contributed by atoms with Crippen LogP contribution in [0.25, 0.3) is 0 Å². The second-order valence-corrected chi connectivity index (χ2v) is 8.70. The quantitative estimate of drug-likeness (QED) is 0.885. The first-order chi connectivity index (χ1) is 11.0. The van der Waals surface area contributed by atoms with E-state index in [-0.39, 0.29) is 5.91 Å². The van der Waals surface area contributed by atoms with E-state index in [9.17, 15) is 13.2 Å². The van der Waals surface area contributed by atoms with Gasteiger partial charge in [0.2, 0.25) is 15.9 Å². The lowest BCUT2D eigenvalue weighted by Gasteiger charge is -2.33. The zero-order valence-electron chi connectivity index (χ0n) is 13.1. The van der Waals surface area contributed by atoms with Crippen LogP contribution in [0.15, 0.2) is 28.0 Å². The van der Waals surface area contributed by atoms with Crippen LogP contribution in [0.5, 0.6) is 0 Å². The second-order valence-electron chi connectivity index (χ2n) is 5.74. The van der Waals surface area contributed by atoms with Gasteiger partial charge in [-0.2, -0.15) is 4.31 Å². The number of nitrogens with one attached hydrogen (secondary N) is 1. The normalized spacial score (nSPS) is 20.1. The molecule has 6 nitrogen and oxygen atoms in total. The average Bonchev–Trinajstić information content (AvgIpc) is 2.55. The Hall–Kier alpha value is -1.09. The van der Waals surface area contributed by atoms with Crippen molar-refractivity contribution < 1.29 is 13.2 Å². The number of sulfonamides is 1. The molecular weight excluding hydrogens is 334 g/mol. The van der Waals surface area contributed by atoms with Gasteiger partial charge in [0, 0.05) is 31.1 Å². The summed E-state index contributed by atoms with van der Waals surface area (Å²) < 4.78 is 27.2. The minimum atomic E-state index is -3.47. The first-order valence-electron chi connectivity index (χ1n) is 7.80. The van der Waals surface area contributed by atoms with Crippen molar-refractivity contribution in [2.24, 2.45) is 0 Å². The van der Waals surface area contributed by atoms with Crippen LogP contribution >= 0.6 is 11.8 Å². The van der Waals surface area contributed by atoms with Crippen molar-refractivity contribution in [3.05, 3.63) is 18.2 Å². The third-order valence-electron chi connectivity index (χ3n) is 4.09. The summed E-state index contributed by atoms with van der Waals surface area (Å²) >= 11 is 1.38. The highest BCUT2D eigenvalue weighted by molar-refractivity contribution is 8.00. The van der Waals surface area contributed by atoms with E-state index in [1.54, 1.807) is 22.5 Å². The van der Waals surface area contributed by atoms with E-state index in [1.165, 1.54) is 11.8 Å². The lowest BCUT2D eigenvalue weighted by atomic mass is 10.3. The maximum Gasteiger partial charge on any atom is 0.243 e. The molecule has 0 radical (unpaired) electrons. The number of amides is 1. The molecule has 1 aromatic rings. The fourth-order valence-electron chi connectivity index (χ4n) is 2.87. The zero-order chi connectivity index (χ0) is 16.4. The van der Waals surface area contributed by atoms with Crippen LogP contribution in [0.2, 0.25) is 0 Å². The Balaban J connectivity index is 1.77. The summed E-state index contributed by atoms with van der Waals surface area (Å²) in [4.78, 5) is 14.8. The van der Waals surface area contributed by atoms with Crippen molar-refractivity contribution >= 4 is 33.4 Å². The van der Waals surface area contributed by atoms with E-state index in [0.29, 0.717) is 29.4 Å². The number of piperazine rings is 1. The van der Waals surface area contributed by atoms with Crippen LogP contribution in [0.3, 0.4) is 0 Å². The van der Waals surface area contributed by atoms with Crippen LogP contribution in [-0.4, -0.2) is 62.0 Å². The predicted molar refractivity (Wildman–Crippen MR) is 91.3 cm³/mol. The molecule has 0 unspecified atom stereocenters. The van der Waals surface area contributed by atoms with Gasteiger partial charge in [-0.1, -0.05) is 6.92 Å². The third kappa shape index (κ3) is 3.55. The summed E-state index contributed by atoms with van der Waals surface area (Å²) in [5.41, 5.74) is 0.693. The molecule has 0 saturated carbocycles. The van der Waals surface area contributed by atoms with Crippen molar-refractivity contribution in [3.63, 3.8) is 0 Å². The number of thioether (sulfide) groups is 1. The minimum Gasteiger partial charge on any atom is -0.324 e. The number of hydrogen-bond acceptors (Lipinski definition) is 5. The first-order valence-corrected chi connectivity index (χ1v) is 10.2. The topological polar surface area (TPSA) is 69.7 Å². The second kappa shape index (κ2) is 6.80. The predicted octanol–water partition coefficient (Wildman–Crippen LogP) is 1.45. The number of nitrogens with zero attached hydrogens (tertiary/aromatic N) is 2. The maximum absolute atomic E-state index is 12.8. The number of hydrogen-bond donors (Lipinski definition) is 1. The third-order valence-corrected chi connectivity index (χ3v) is 7.04. The molecule has 23 heavy (non-hydrogen) atoms. The SMILES string of the molecule is CCCN1CCN(S(=O)(=O)c2ccc3c(c2)SCC(=O)N3)CC1. The number of carbonyl (C=O) groups is 1. The zero-order valence-corrected chi connectivity index (χ0v) is 14.8. The Kier molecular flexibility index (Phi) is 4.96. The van der Waals surface area contributed by atoms with Gasteiger partial charge in [-0.25, -0.2) is 8.42 Å². The van der Waals surface area contributed by atoms with Gasteiger partial charge in [-0.05, 0) is 31.2 Å². The highest BCUT2D eigenvalue weighted by atomic mass is 32.2. The number of anilines is 1. The van der Waals surface area contributed by atoms with Crippen LogP contribution in [0.4, 0.5) is 5.69 Å². The molecule has 1 fully saturated rings. The number of rotatable bonds is 4. The lowest BCUT2D eigenvalue weighted by Crippen LogP contribution is -2.48. The molecule has 0 bridgehead atoms. The van der Waals surface area contributed by atoms with Crippen molar-refractivity contribution in [2.75, 3.05) is 43.8 Å². The van der Waals surface area contributed by atoms with Gasteiger partial charge < -0.3 is 10.2 Å². The number of fused-ring (bicyclic) bond motifs is 1. The summed E-state index contributed by atoms with van der Waals surface area (Å²) in [5.74, 6) is 0.275. The Bertz CT molecular complexity index is 698. The van der Waals surface area contributed by atoms with E-state index in [0.717, 1.165) is 31.0 Å². The Morgan fingerprint density at radius 2 is 1.96 bits per heavy atom. The molecule has 1 saturated heterocycles. The van der Waals surface area contributed by atoms with E-state index in [1.807, 2.05) is 0 Å². The smallest absolute Gasteiger partial charge is 0.243 e. The van der Waals surface area contributed by atoms with Crippen molar-refractivity contribution in [2.45, 2.75) is 23.1 Å². The molecule has 0 atom stereocenters. The highest BCUT2D eigenvalue weighted by Crippen LogP contribution is 2.34. The van der Waals surface area contributed by atoms with E-state index in [4.69, 9.17) is 0 Å². The molecule has 2 aliphatic heterocycles. The van der Waals surface area contributed by atoms with Gasteiger partial charge >= 0.3 is 0 Å². The largest absolute Gasteiger partial charge is 0.324 e.